The lowest BCUT2D eigenvalue weighted by Gasteiger charge is -2.10. The Labute approximate surface area is 123 Å². The zero-order valence-electron chi connectivity index (χ0n) is 12.3. The molecule has 5 heteroatoms. The van der Waals surface area contributed by atoms with Gasteiger partial charge in [-0.3, -0.25) is 4.79 Å². The van der Waals surface area contributed by atoms with Crippen molar-refractivity contribution in [1.29, 1.82) is 0 Å². The fourth-order valence-electron chi connectivity index (χ4n) is 1.98. The van der Waals surface area contributed by atoms with Crippen molar-refractivity contribution in [2.75, 3.05) is 25.3 Å². The minimum atomic E-state index is -0.224. The maximum Gasteiger partial charge on any atom is 0.255 e. The number of ether oxygens (including phenoxy) is 2. The van der Waals surface area contributed by atoms with Gasteiger partial charge in [0.25, 0.3) is 5.91 Å². The van der Waals surface area contributed by atoms with Gasteiger partial charge >= 0.3 is 0 Å². The van der Waals surface area contributed by atoms with Crippen LogP contribution in [0.1, 0.15) is 15.9 Å². The van der Waals surface area contributed by atoms with E-state index in [9.17, 15) is 4.79 Å². The van der Waals surface area contributed by atoms with E-state index in [1.54, 1.807) is 44.6 Å². The average molecular weight is 286 g/mol. The Hall–Kier alpha value is -2.69. The minimum absolute atomic E-state index is 0.224. The summed E-state index contributed by atoms with van der Waals surface area (Å²) in [6.07, 6.45) is 0. The Morgan fingerprint density at radius 1 is 1.05 bits per heavy atom. The highest BCUT2D eigenvalue weighted by Gasteiger charge is 2.10. The van der Waals surface area contributed by atoms with Gasteiger partial charge in [0.2, 0.25) is 0 Å². The average Bonchev–Trinajstić information content (AvgIpc) is 2.48. The standard InChI is InChI=1S/C16H18N2O3/c1-10-4-5-11(8-15(10)21-3)16(19)18-12-6-7-14(20-2)13(17)9-12/h4-9H,17H2,1-3H3,(H,18,19). The number of aryl methyl sites for hydroxylation is 1. The Morgan fingerprint density at radius 2 is 1.76 bits per heavy atom. The van der Waals surface area contributed by atoms with E-state index in [2.05, 4.69) is 5.32 Å². The molecule has 2 rings (SSSR count). The monoisotopic (exact) mass is 286 g/mol. The number of carbonyl (C=O) groups excluding carboxylic acids is 1. The molecule has 0 fully saturated rings. The normalized spacial score (nSPS) is 10.0. The first-order chi connectivity index (χ1) is 10.0. The summed E-state index contributed by atoms with van der Waals surface area (Å²) >= 11 is 0. The molecule has 0 saturated heterocycles. The van der Waals surface area contributed by atoms with E-state index in [-0.39, 0.29) is 5.91 Å². The molecule has 0 bridgehead atoms. The van der Waals surface area contributed by atoms with Crippen LogP contribution < -0.4 is 20.5 Å². The van der Waals surface area contributed by atoms with Gasteiger partial charge in [-0.25, -0.2) is 0 Å². The molecule has 0 aromatic heterocycles. The predicted molar refractivity (Wildman–Crippen MR) is 83.1 cm³/mol. The van der Waals surface area contributed by atoms with Crippen LogP contribution in [0.4, 0.5) is 11.4 Å². The number of anilines is 2. The molecule has 0 radical (unpaired) electrons. The van der Waals surface area contributed by atoms with Crippen LogP contribution in [0.5, 0.6) is 11.5 Å². The van der Waals surface area contributed by atoms with Crippen LogP contribution >= 0.6 is 0 Å². The Kier molecular flexibility index (Phi) is 4.33. The third-order valence-electron chi connectivity index (χ3n) is 3.16. The smallest absolute Gasteiger partial charge is 0.255 e. The second-order valence-corrected chi connectivity index (χ2v) is 4.60. The molecule has 2 aromatic rings. The Bertz CT molecular complexity index is 669. The van der Waals surface area contributed by atoms with E-state index in [1.807, 2.05) is 13.0 Å². The van der Waals surface area contributed by atoms with E-state index < -0.39 is 0 Å². The summed E-state index contributed by atoms with van der Waals surface area (Å²) in [6, 6.07) is 10.4. The van der Waals surface area contributed by atoms with Crippen LogP contribution in [0, 0.1) is 6.92 Å². The number of nitrogen functional groups attached to an aromatic ring is 1. The quantitative estimate of drug-likeness (QED) is 0.848. The maximum absolute atomic E-state index is 12.2. The number of amides is 1. The topological polar surface area (TPSA) is 73.6 Å². The van der Waals surface area contributed by atoms with Gasteiger partial charge < -0.3 is 20.5 Å². The van der Waals surface area contributed by atoms with Crippen molar-refractivity contribution < 1.29 is 14.3 Å². The highest BCUT2D eigenvalue weighted by Crippen LogP contribution is 2.25. The van der Waals surface area contributed by atoms with Gasteiger partial charge in [-0.2, -0.15) is 0 Å². The lowest BCUT2D eigenvalue weighted by molar-refractivity contribution is 0.102. The number of hydrogen-bond acceptors (Lipinski definition) is 4. The van der Waals surface area contributed by atoms with Crippen molar-refractivity contribution in [2.45, 2.75) is 6.92 Å². The summed E-state index contributed by atoms with van der Waals surface area (Å²) in [7, 11) is 3.12. The molecule has 0 aliphatic carbocycles. The first-order valence-corrected chi connectivity index (χ1v) is 6.44. The molecule has 0 saturated carbocycles. The molecule has 0 unspecified atom stereocenters. The van der Waals surface area contributed by atoms with Gasteiger partial charge in [-0.1, -0.05) is 6.07 Å². The Balaban J connectivity index is 2.19. The maximum atomic E-state index is 12.2. The molecule has 5 nitrogen and oxygen atoms in total. The van der Waals surface area contributed by atoms with Gasteiger partial charge in [0, 0.05) is 11.3 Å². The zero-order valence-corrected chi connectivity index (χ0v) is 12.3. The third-order valence-corrected chi connectivity index (χ3v) is 3.16. The van der Waals surface area contributed by atoms with Crippen molar-refractivity contribution in [2.24, 2.45) is 0 Å². The lowest BCUT2D eigenvalue weighted by Crippen LogP contribution is -2.12. The second-order valence-electron chi connectivity index (χ2n) is 4.60. The highest BCUT2D eigenvalue weighted by atomic mass is 16.5. The molecule has 0 heterocycles. The number of nitrogens with two attached hydrogens (primary N) is 1. The number of carbonyl (C=O) groups is 1. The fraction of sp³-hybridized carbons (Fsp3) is 0.188. The van der Waals surface area contributed by atoms with Crippen LogP contribution in [0.15, 0.2) is 36.4 Å². The number of methoxy groups -OCH3 is 2. The molecule has 0 atom stereocenters. The van der Waals surface area contributed by atoms with Crippen LogP contribution in [0.3, 0.4) is 0 Å². The number of nitrogens with one attached hydrogen (secondary N) is 1. The number of rotatable bonds is 4. The molecule has 3 N–H and O–H groups in total. The van der Waals surface area contributed by atoms with Gasteiger partial charge in [0.15, 0.2) is 0 Å². The highest BCUT2D eigenvalue weighted by molar-refractivity contribution is 6.04. The third kappa shape index (κ3) is 3.25. The SMILES string of the molecule is COc1cc(C(=O)Nc2ccc(OC)c(N)c2)ccc1C. The summed E-state index contributed by atoms with van der Waals surface area (Å²) in [6.45, 7) is 1.92. The van der Waals surface area contributed by atoms with Crippen LogP contribution in [0.2, 0.25) is 0 Å². The molecule has 0 aliphatic rings. The van der Waals surface area contributed by atoms with Crippen molar-refractivity contribution in [3.63, 3.8) is 0 Å². The summed E-state index contributed by atoms with van der Waals surface area (Å²) in [5.74, 6) is 1.03. The summed E-state index contributed by atoms with van der Waals surface area (Å²) in [5.41, 5.74) is 8.39. The molecule has 0 aliphatic heterocycles. The van der Waals surface area contributed by atoms with E-state index >= 15 is 0 Å². The summed E-state index contributed by atoms with van der Waals surface area (Å²) in [5, 5.41) is 2.79. The molecule has 110 valence electrons. The van der Waals surface area contributed by atoms with Gasteiger partial charge in [0.1, 0.15) is 11.5 Å². The van der Waals surface area contributed by atoms with Crippen LogP contribution in [0.25, 0.3) is 0 Å². The second kappa shape index (κ2) is 6.17. The van der Waals surface area contributed by atoms with E-state index in [0.29, 0.717) is 28.4 Å². The molecule has 0 spiro atoms. The first kappa shape index (κ1) is 14.7. The first-order valence-electron chi connectivity index (χ1n) is 6.44. The summed E-state index contributed by atoms with van der Waals surface area (Å²) < 4.78 is 10.3. The minimum Gasteiger partial charge on any atom is -0.496 e. The molecule has 21 heavy (non-hydrogen) atoms. The lowest BCUT2D eigenvalue weighted by atomic mass is 10.1. The van der Waals surface area contributed by atoms with Crippen molar-refractivity contribution in [3.8, 4) is 11.5 Å². The zero-order chi connectivity index (χ0) is 15.4. The molecule has 2 aromatic carbocycles. The Morgan fingerprint density at radius 3 is 2.38 bits per heavy atom. The molecular formula is C16H18N2O3. The van der Waals surface area contributed by atoms with Crippen LogP contribution in [-0.2, 0) is 0 Å². The largest absolute Gasteiger partial charge is 0.496 e. The van der Waals surface area contributed by atoms with Crippen molar-refractivity contribution >= 4 is 17.3 Å². The molecular weight excluding hydrogens is 268 g/mol. The van der Waals surface area contributed by atoms with Crippen molar-refractivity contribution in [1.82, 2.24) is 0 Å². The van der Waals surface area contributed by atoms with E-state index in [1.165, 1.54) is 0 Å². The molecule has 1 amide bonds. The van der Waals surface area contributed by atoms with Crippen LogP contribution in [-0.4, -0.2) is 20.1 Å². The fourth-order valence-corrected chi connectivity index (χ4v) is 1.98. The number of benzene rings is 2. The van der Waals surface area contributed by atoms with E-state index in [0.717, 1.165) is 5.56 Å². The predicted octanol–water partition coefficient (Wildman–Crippen LogP) is 2.85. The van der Waals surface area contributed by atoms with Gasteiger partial charge in [-0.05, 0) is 42.8 Å². The number of hydrogen-bond donors (Lipinski definition) is 2. The van der Waals surface area contributed by atoms with Crippen molar-refractivity contribution in [3.05, 3.63) is 47.5 Å². The van der Waals surface area contributed by atoms with E-state index in [4.69, 9.17) is 15.2 Å². The van der Waals surface area contributed by atoms with Gasteiger partial charge in [0.05, 0.1) is 19.9 Å². The van der Waals surface area contributed by atoms with Gasteiger partial charge in [-0.15, -0.1) is 0 Å². The summed E-state index contributed by atoms with van der Waals surface area (Å²) in [4.78, 5) is 12.2.